The molecule has 0 aliphatic rings. The minimum atomic E-state index is -0.102. The fourth-order valence-electron chi connectivity index (χ4n) is 2.21. The number of likely N-dealkylation sites (N-methyl/N-ethyl adjacent to an activating group) is 1. The van der Waals surface area contributed by atoms with Gasteiger partial charge in [0.1, 0.15) is 5.75 Å². The Bertz CT molecular complexity index is 410. The number of aryl methyl sites for hydroxylation is 1. The minimum absolute atomic E-state index is 0.102. The van der Waals surface area contributed by atoms with Gasteiger partial charge < -0.3 is 20.4 Å². The third-order valence-corrected chi connectivity index (χ3v) is 3.49. The number of nitrogens with one attached hydrogen (secondary N) is 1. The average Bonchev–Trinajstić information content (AvgIpc) is 2.46. The van der Waals surface area contributed by atoms with Gasteiger partial charge >= 0.3 is 0 Å². The van der Waals surface area contributed by atoms with Crippen LogP contribution in [0, 0.1) is 6.92 Å². The lowest BCUT2D eigenvalue weighted by molar-refractivity contribution is 0.277. The summed E-state index contributed by atoms with van der Waals surface area (Å²) in [5.41, 5.74) is 2.03. The number of aliphatic hydroxyl groups excluding tert-OH is 1. The molecule has 114 valence electrons. The lowest BCUT2D eigenvalue weighted by Gasteiger charge is -2.20. The van der Waals surface area contributed by atoms with Gasteiger partial charge in [0.15, 0.2) is 0 Å². The maximum Gasteiger partial charge on any atom is 0.141 e. The van der Waals surface area contributed by atoms with Crippen LogP contribution in [0.4, 0.5) is 0 Å². The van der Waals surface area contributed by atoms with Crippen molar-refractivity contribution in [3.63, 3.8) is 0 Å². The lowest BCUT2D eigenvalue weighted by Crippen LogP contribution is -2.32. The molecule has 5 nitrogen and oxygen atoms in total. The number of rotatable bonds is 9. The van der Waals surface area contributed by atoms with Gasteiger partial charge in [0.25, 0.3) is 0 Å². The minimum Gasteiger partial charge on any atom is -0.506 e. The summed E-state index contributed by atoms with van der Waals surface area (Å²) in [6.07, 6.45) is 2.79. The predicted octanol–water partition coefficient (Wildman–Crippen LogP) is 1.41. The number of hydrogen-bond donors (Lipinski definition) is 3. The molecule has 0 amide bonds. The molecule has 0 aliphatic carbocycles. The van der Waals surface area contributed by atoms with Crippen LogP contribution >= 0.6 is 0 Å². The van der Waals surface area contributed by atoms with Crippen LogP contribution in [0.25, 0.3) is 0 Å². The molecular formula is C15H27N3O2. The molecule has 20 heavy (non-hydrogen) atoms. The molecular weight excluding hydrogens is 254 g/mol. The molecule has 0 bridgehead atoms. The van der Waals surface area contributed by atoms with Gasteiger partial charge in [-0.15, -0.1) is 0 Å². The molecule has 1 aromatic heterocycles. The molecule has 0 fully saturated rings. The monoisotopic (exact) mass is 281 g/mol. The SMILES string of the molecule is CCCN(CC)CCNCc1c(CO)cnc(C)c1O. The van der Waals surface area contributed by atoms with Crippen LogP contribution in [0.1, 0.15) is 37.1 Å². The van der Waals surface area contributed by atoms with E-state index in [9.17, 15) is 10.2 Å². The molecule has 0 aliphatic heterocycles. The van der Waals surface area contributed by atoms with Crippen LogP contribution in [0.2, 0.25) is 0 Å². The van der Waals surface area contributed by atoms with Crippen molar-refractivity contribution in [2.24, 2.45) is 0 Å². The zero-order chi connectivity index (χ0) is 15.0. The molecule has 0 aromatic carbocycles. The van der Waals surface area contributed by atoms with E-state index in [2.05, 4.69) is 29.0 Å². The summed E-state index contributed by atoms with van der Waals surface area (Å²) in [6.45, 7) is 10.6. The number of hydrogen-bond acceptors (Lipinski definition) is 5. The van der Waals surface area contributed by atoms with Gasteiger partial charge in [0, 0.05) is 37.0 Å². The van der Waals surface area contributed by atoms with Crippen molar-refractivity contribution in [1.82, 2.24) is 15.2 Å². The zero-order valence-corrected chi connectivity index (χ0v) is 12.8. The van der Waals surface area contributed by atoms with E-state index in [4.69, 9.17) is 0 Å². The summed E-state index contributed by atoms with van der Waals surface area (Å²) >= 11 is 0. The van der Waals surface area contributed by atoms with E-state index in [1.165, 1.54) is 0 Å². The highest BCUT2D eigenvalue weighted by Gasteiger charge is 2.10. The van der Waals surface area contributed by atoms with E-state index in [1.54, 1.807) is 13.1 Å². The number of nitrogens with zero attached hydrogens (tertiary/aromatic N) is 2. The van der Waals surface area contributed by atoms with E-state index in [1.807, 2.05) is 0 Å². The van der Waals surface area contributed by atoms with E-state index < -0.39 is 0 Å². The Morgan fingerprint density at radius 3 is 2.65 bits per heavy atom. The second-order valence-electron chi connectivity index (χ2n) is 4.97. The van der Waals surface area contributed by atoms with Crippen molar-refractivity contribution in [3.05, 3.63) is 23.0 Å². The van der Waals surface area contributed by atoms with Gasteiger partial charge in [-0.3, -0.25) is 4.98 Å². The summed E-state index contributed by atoms with van der Waals surface area (Å²) in [4.78, 5) is 6.44. The van der Waals surface area contributed by atoms with Gasteiger partial charge in [-0.1, -0.05) is 13.8 Å². The molecule has 5 heteroatoms. The van der Waals surface area contributed by atoms with E-state index >= 15 is 0 Å². The van der Waals surface area contributed by atoms with Gasteiger partial charge in [-0.25, -0.2) is 0 Å². The summed E-state index contributed by atoms with van der Waals surface area (Å²) < 4.78 is 0. The van der Waals surface area contributed by atoms with E-state index in [0.29, 0.717) is 17.8 Å². The van der Waals surface area contributed by atoms with Crippen LogP contribution < -0.4 is 5.32 Å². The topological polar surface area (TPSA) is 68.6 Å². The van der Waals surface area contributed by atoms with E-state index in [0.717, 1.165) is 38.2 Å². The molecule has 1 rings (SSSR count). The Morgan fingerprint density at radius 1 is 1.30 bits per heavy atom. The van der Waals surface area contributed by atoms with Crippen molar-refractivity contribution >= 4 is 0 Å². The summed E-state index contributed by atoms with van der Waals surface area (Å²) in [6, 6.07) is 0. The quantitative estimate of drug-likeness (QED) is 0.597. The van der Waals surface area contributed by atoms with Crippen LogP contribution in [-0.2, 0) is 13.2 Å². The molecule has 0 radical (unpaired) electrons. The van der Waals surface area contributed by atoms with Gasteiger partial charge in [-0.05, 0) is 26.4 Å². The summed E-state index contributed by atoms with van der Waals surface area (Å²) in [5.74, 6) is 0.185. The normalized spacial score (nSPS) is 11.2. The molecule has 0 saturated carbocycles. The third kappa shape index (κ3) is 4.74. The maximum absolute atomic E-state index is 10.0. The van der Waals surface area contributed by atoms with Crippen LogP contribution in [0.5, 0.6) is 5.75 Å². The molecule has 0 spiro atoms. The van der Waals surface area contributed by atoms with Gasteiger partial charge in [0.05, 0.1) is 12.3 Å². The first-order valence-electron chi connectivity index (χ1n) is 7.34. The average molecular weight is 281 g/mol. The Kier molecular flexibility index (Phi) is 7.51. The number of aliphatic hydroxyl groups is 1. The van der Waals surface area contributed by atoms with Crippen molar-refractivity contribution in [1.29, 1.82) is 0 Å². The maximum atomic E-state index is 10.0. The van der Waals surface area contributed by atoms with Gasteiger partial charge in [0.2, 0.25) is 0 Å². The summed E-state index contributed by atoms with van der Waals surface area (Å²) in [7, 11) is 0. The molecule has 3 N–H and O–H groups in total. The highest BCUT2D eigenvalue weighted by atomic mass is 16.3. The Balaban J connectivity index is 2.51. The van der Waals surface area contributed by atoms with Crippen LogP contribution in [0.3, 0.4) is 0 Å². The van der Waals surface area contributed by atoms with Crippen molar-refractivity contribution in [2.75, 3.05) is 26.2 Å². The second kappa shape index (κ2) is 8.89. The zero-order valence-electron chi connectivity index (χ0n) is 12.8. The van der Waals surface area contributed by atoms with Gasteiger partial charge in [-0.2, -0.15) is 0 Å². The Hall–Kier alpha value is -1.17. The fraction of sp³-hybridized carbons (Fsp3) is 0.667. The summed E-state index contributed by atoms with van der Waals surface area (Å²) in [5, 5.41) is 22.7. The third-order valence-electron chi connectivity index (χ3n) is 3.49. The molecule has 0 unspecified atom stereocenters. The highest BCUT2D eigenvalue weighted by Crippen LogP contribution is 2.23. The first-order valence-corrected chi connectivity index (χ1v) is 7.34. The fourth-order valence-corrected chi connectivity index (χ4v) is 2.21. The second-order valence-corrected chi connectivity index (χ2v) is 4.97. The van der Waals surface area contributed by atoms with E-state index in [-0.39, 0.29) is 12.4 Å². The lowest BCUT2D eigenvalue weighted by atomic mass is 10.1. The predicted molar refractivity (Wildman–Crippen MR) is 80.7 cm³/mol. The number of aromatic nitrogens is 1. The first kappa shape index (κ1) is 16.9. The number of aromatic hydroxyl groups is 1. The Labute approximate surface area is 121 Å². The van der Waals surface area contributed by atoms with Crippen molar-refractivity contribution < 1.29 is 10.2 Å². The van der Waals surface area contributed by atoms with Crippen LogP contribution in [0.15, 0.2) is 6.20 Å². The smallest absolute Gasteiger partial charge is 0.141 e. The highest BCUT2D eigenvalue weighted by molar-refractivity contribution is 5.40. The Morgan fingerprint density at radius 2 is 2.05 bits per heavy atom. The van der Waals surface area contributed by atoms with Crippen LogP contribution in [-0.4, -0.2) is 46.3 Å². The molecule has 0 atom stereocenters. The standard InChI is InChI=1S/C15H27N3O2/c1-4-7-18(5-2)8-6-16-10-14-13(11-19)9-17-12(3)15(14)20/h9,16,19-20H,4-8,10-11H2,1-3H3. The molecule has 0 saturated heterocycles. The van der Waals surface area contributed by atoms with Crippen molar-refractivity contribution in [2.45, 2.75) is 40.3 Å². The van der Waals surface area contributed by atoms with Crippen molar-refractivity contribution in [3.8, 4) is 5.75 Å². The first-order chi connectivity index (χ1) is 9.63. The largest absolute Gasteiger partial charge is 0.506 e. The molecule has 1 heterocycles. The number of pyridine rings is 1. The molecule has 1 aromatic rings.